The Morgan fingerprint density at radius 2 is 1.82 bits per heavy atom. The zero-order chi connectivity index (χ0) is 22.8. The van der Waals surface area contributed by atoms with Crippen LogP contribution in [0.3, 0.4) is 0 Å². The average Bonchev–Trinajstić information content (AvgIpc) is 2.79. The summed E-state index contributed by atoms with van der Waals surface area (Å²) in [7, 11) is 0. The van der Waals surface area contributed by atoms with Gasteiger partial charge in [-0.05, 0) is 66.4 Å². The number of carbonyl (C=O) groups excluding carboxylic acids is 1. The number of aromatic carboxylic acids is 1. The number of carbonyl (C=O) groups is 2. The molecule has 162 valence electrons. The summed E-state index contributed by atoms with van der Waals surface area (Å²) in [6.45, 7) is 3.58. The second-order valence-electron chi connectivity index (χ2n) is 7.87. The third kappa shape index (κ3) is 4.93. The van der Waals surface area contributed by atoms with E-state index >= 15 is 0 Å². The number of benzene rings is 2. The van der Waals surface area contributed by atoms with Crippen LogP contribution >= 0.6 is 0 Å². The summed E-state index contributed by atoms with van der Waals surface area (Å²) >= 11 is 0. The minimum atomic E-state index is -0.966. The van der Waals surface area contributed by atoms with Gasteiger partial charge in [0.25, 0.3) is 0 Å². The molecular formula is C25H23LiN4O3. The molecule has 0 saturated carbocycles. The number of anilines is 2. The number of hydrogen-bond donors (Lipinski definition) is 2. The van der Waals surface area contributed by atoms with Crippen LogP contribution in [0.25, 0.3) is 11.1 Å². The molecule has 1 aliphatic rings. The summed E-state index contributed by atoms with van der Waals surface area (Å²) in [6, 6.07) is 18.1. The van der Waals surface area contributed by atoms with E-state index in [0.717, 1.165) is 22.4 Å². The molecule has 0 bridgehead atoms. The molecule has 1 amide bonds. The van der Waals surface area contributed by atoms with Crippen molar-refractivity contribution >= 4 is 42.2 Å². The topological polar surface area (TPSA) is 106 Å². The van der Waals surface area contributed by atoms with Crippen LogP contribution in [0.2, 0.25) is 0 Å². The van der Waals surface area contributed by atoms with Gasteiger partial charge in [-0.1, -0.05) is 18.2 Å². The molecule has 7 nitrogen and oxygen atoms in total. The molecule has 2 atom stereocenters. The van der Waals surface area contributed by atoms with E-state index in [9.17, 15) is 9.59 Å². The quantitative estimate of drug-likeness (QED) is 0.602. The Morgan fingerprint density at radius 3 is 2.39 bits per heavy atom. The average molecular weight is 434 g/mol. The van der Waals surface area contributed by atoms with E-state index in [1.165, 1.54) is 6.20 Å². The molecular weight excluding hydrogens is 411 g/mol. The number of amides is 1. The third-order valence-electron chi connectivity index (χ3n) is 5.70. The van der Waals surface area contributed by atoms with Crippen molar-refractivity contribution in [3.63, 3.8) is 0 Å². The predicted molar refractivity (Wildman–Crippen MR) is 129 cm³/mol. The Bertz CT molecular complexity index is 1220. The van der Waals surface area contributed by atoms with Gasteiger partial charge in [0.15, 0.2) is 0 Å². The van der Waals surface area contributed by atoms with Crippen LogP contribution in [0.1, 0.15) is 47.8 Å². The van der Waals surface area contributed by atoms with Gasteiger partial charge < -0.3 is 15.3 Å². The molecule has 2 N–H and O–H groups in total. The molecule has 0 saturated heterocycles. The number of hydrogen-bond acceptors (Lipinski definition) is 5. The summed E-state index contributed by atoms with van der Waals surface area (Å²) in [4.78, 5) is 29.7. The van der Waals surface area contributed by atoms with E-state index in [0.29, 0.717) is 17.8 Å². The van der Waals surface area contributed by atoms with Crippen molar-refractivity contribution in [3.8, 4) is 17.2 Å². The van der Waals surface area contributed by atoms with Crippen LogP contribution in [0.15, 0.2) is 60.8 Å². The molecule has 0 unspecified atom stereocenters. The van der Waals surface area contributed by atoms with Crippen LogP contribution in [-0.2, 0) is 4.79 Å². The van der Waals surface area contributed by atoms with Crippen molar-refractivity contribution in [2.75, 3.05) is 10.2 Å². The van der Waals surface area contributed by atoms with Crippen molar-refractivity contribution in [1.29, 1.82) is 5.26 Å². The fourth-order valence-corrected chi connectivity index (χ4v) is 4.19. The van der Waals surface area contributed by atoms with Gasteiger partial charge in [-0.2, -0.15) is 5.26 Å². The zero-order valence-corrected chi connectivity index (χ0v) is 17.7. The van der Waals surface area contributed by atoms with Gasteiger partial charge in [0.05, 0.1) is 17.2 Å². The van der Waals surface area contributed by atoms with Crippen molar-refractivity contribution in [2.45, 2.75) is 32.4 Å². The second kappa shape index (κ2) is 9.91. The molecule has 4 rings (SSSR count). The first-order chi connectivity index (χ1) is 15.4. The molecule has 3 aromatic rings. The maximum absolute atomic E-state index is 12.4. The summed E-state index contributed by atoms with van der Waals surface area (Å²) in [5.41, 5.74) is 4.34. The first-order valence-electron chi connectivity index (χ1n) is 10.3. The minimum absolute atomic E-state index is 0. The molecule has 33 heavy (non-hydrogen) atoms. The number of pyridine rings is 1. The van der Waals surface area contributed by atoms with Crippen LogP contribution < -0.4 is 10.2 Å². The third-order valence-corrected chi connectivity index (χ3v) is 5.70. The molecule has 8 heteroatoms. The van der Waals surface area contributed by atoms with Gasteiger partial charge in [0.2, 0.25) is 5.91 Å². The number of nitriles is 1. The normalized spacial score (nSPS) is 16.7. The summed E-state index contributed by atoms with van der Waals surface area (Å²) in [6.07, 6.45) is 2.22. The Kier molecular flexibility index (Phi) is 7.23. The van der Waals surface area contributed by atoms with Gasteiger partial charge in [0.1, 0.15) is 11.9 Å². The van der Waals surface area contributed by atoms with Gasteiger partial charge >= 0.3 is 24.8 Å². The number of nitrogens with one attached hydrogen (secondary N) is 1. The van der Waals surface area contributed by atoms with Crippen molar-refractivity contribution in [3.05, 3.63) is 77.5 Å². The van der Waals surface area contributed by atoms with Crippen LogP contribution in [-0.4, -0.2) is 46.9 Å². The van der Waals surface area contributed by atoms with Crippen molar-refractivity contribution in [2.24, 2.45) is 0 Å². The molecule has 2 heterocycles. The first-order valence-corrected chi connectivity index (χ1v) is 10.3. The van der Waals surface area contributed by atoms with Gasteiger partial charge in [-0.25, -0.2) is 9.78 Å². The van der Waals surface area contributed by atoms with Gasteiger partial charge in [-0.15, -0.1) is 0 Å². The predicted octanol–water partition coefficient (Wildman–Crippen LogP) is 3.97. The molecule has 0 radical (unpaired) electrons. The van der Waals surface area contributed by atoms with Crippen LogP contribution in [0.5, 0.6) is 0 Å². The number of fused-ring (bicyclic) bond motifs is 1. The zero-order valence-electron chi connectivity index (χ0n) is 17.7. The maximum atomic E-state index is 12.4. The molecule has 0 fully saturated rings. The van der Waals surface area contributed by atoms with Gasteiger partial charge in [0, 0.05) is 24.8 Å². The number of carboxylic acid groups (broad SMARTS) is 1. The standard InChI is InChI=1S/C25H22N4O3.Li.H/c1-15-11-22(28-24-10-3-17(13-26)14-27-24)21-12-20(8-9-23(21)29(15)16(2)30)18-4-6-19(7-5-18)25(31)32;;/h3-10,12,14-15,22H,11H2,1-2H3,(H,27,28)(H,31,32);;/t15-,22+;;/m0../s1. The molecule has 2 aromatic carbocycles. The molecule has 1 aliphatic heterocycles. The van der Waals surface area contributed by atoms with Crippen molar-refractivity contribution < 1.29 is 14.7 Å². The monoisotopic (exact) mass is 434 g/mol. The Hall–Kier alpha value is -3.58. The van der Waals surface area contributed by atoms with E-state index in [1.54, 1.807) is 48.2 Å². The number of carboxylic acids is 1. The SMILES string of the molecule is CC(=O)N1c2ccc(-c3ccc(C(=O)O)cc3)cc2[C@H](Nc2ccc(C#N)cn2)C[C@@H]1C.[LiH]. The van der Waals surface area contributed by atoms with Gasteiger partial charge in [-0.3, -0.25) is 4.79 Å². The number of aromatic nitrogens is 1. The van der Waals surface area contributed by atoms with E-state index in [1.807, 2.05) is 25.1 Å². The Labute approximate surface area is 204 Å². The fraction of sp³-hybridized carbons (Fsp3) is 0.200. The van der Waals surface area contributed by atoms with Crippen molar-refractivity contribution in [1.82, 2.24) is 4.98 Å². The van der Waals surface area contributed by atoms with E-state index < -0.39 is 5.97 Å². The first kappa shape index (κ1) is 24.1. The summed E-state index contributed by atoms with van der Waals surface area (Å²) in [5.74, 6) is -0.334. The summed E-state index contributed by atoms with van der Waals surface area (Å²) < 4.78 is 0. The summed E-state index contributed by atoms with van der Waals surface area (Å²) in [5, 5.41) is 21.6. The molecule has 0 spiro atoms. The Balaban J connectivity index is 0.00000306. The van der Waals surface area contributed by atoms with Crippen LogP contribution in [0.4, 0.5) is 11.5 Å². The Morgan fingerprint density at radius 1 is 1.12 bits per heavy atom. The fourth-order valence-electron chi connectivity index (χ4n) is 4.19. The molecule has 0 aliphatic carbocycles. The number of rotatable bonds is 4. The van der Waals surface area contributed by atoms with E-state index in [4.69, 9.17) is 10.4 Å². The van der Waals surface area contributed by atoms with Crippen LogP contribution in [0, 0.1) is 11.3 Å². The van der Waals surface area contributed by atoms with E-state index in [-0.39, 0.29) is 42.4 Å². The van der Waals surface area contributed by atoms with E-state index in [2.05, 4.69) is 16.4 Å². The molecule has 1 aromatic heterocycles. The number of nitrogens with zero attached hydrogens (tertiary/aromatic N) is 3. The second-order valence-corrected chi connectivity index (χ2v) is 7.87.